The first-order valence-corrected chi connectivity index (χ1v) is 23.4. The summed E-state index contributed by atoms with van der Waals surface area (Å²) in [7, 11) is 0. The minimum Gasteiger partial charge on any atom is -0.455 e. The van der Waals surface area contributed by atoms with Gasteiger partial charge in [0.15, 0.2) is 0 Å². The normalized spacial score (nSPS) is 10.5. The number of benzene rings is 9. The Morgan fingerprint density at radius 1 is 0.338 bits per heavy atom. The first kappa shape index (κ1) is 45.4. The summed E-state index contributed by atoms with van der Waals surface area (Å²) in [4.78, 5) is 2.41. The van der Waals surface area contributed by atoms with Crippen molar-refractivity contribution in [2.45, 2.75) is 55.4 Å². The highest BCUT2D eigenvalue weighted by atomic mass is 16.3. The number of rotatable bonds is 7. The quantitative estimate of drug-likeness (QED) is 0.159. The minimum absolute atomic E-state index is 0.880. The number of para-hydroxylation sites is 4. The largest absolute Gasteiger partial charge is 0.455 e. The van der Waals surface area contributed by atoms with Gasteiger partial charge in [-0.1, -0.05) is 213 Å². The molecule has 0 bridgehead atoms. The summed E-state index contributed by atoms with van der Waals surface area (Å²) in [5.41, 5.74) is 15.2. The molecule has 0 amide bonds. The molecule has 0 N–H and O–H groups in total. The molecule has 0 aliphatic carbocycles. The van der Waals surface area contributed by atoms with E-state index in [1.165, 1.54) is 33.0 Å². The average Bonchev–Trinajstić information content (AvgIpc) is 3.95. The summed E-state index contributed by atoms with van der Waals surface area (Å²) in [6, 6.07) is 78.1. The van der Waals surface area contributed by atoms with E-state index >= 15 is 0 Å². The number of hydrogen-bond acceptors (Lipinski definition) is 2. The van der Waals surface area contributed by atoms with Crippen molar-refractivity contribution in [3.8, 4) is 39.1 Å². The molecule has 0 saturated carbocycles. The zero-order chi connectivity index (χ0) is 45.7. The van der Waals surface area contributed by atoms with Crippen LogP contribution in [-0.4, -0.2) is 4.57 Å². The van der Waals surface area contributed by atoms with Gasteiger partial charge in [0, 0.05) is 49.7 Å². The Morgan fingerprint density at radius 2 is 0.800 bits per heavy atom. The molecule has 0 fully saturated rings. The van der Waals surface area contributed by atoms with Crippen LogP contribution in [0, 0.1) is 0 Å². The fourth-order valence-electron chi connectivity index (χ4n) is 8.51. The average molecular weight is 849 g/mol. The zero-order valence-electron chi connectivity index (χ0n) is 39.1. The molecule has 9 aromatic carbocycles. The van der Waals surface area contributed by atoms with Gasteiger partial charge in [-0.3, -0.25) is 0 Å². The lowest BCUT2D eigenvalue weighted by Gasteiger charge is -2.29. The first-order valence-electron chi connectivity index (χ1n) is 23.4. The third-order valence-corrected chi connectivity index (χ3v) is 11.2. The lowest BCUT2D eigenvalue weighted by atomic mass is 9.96. The van der Waals surface area contributed by atoms with E-state index in [-0.39, 0.29) is 0 Å². The van der Waals surface area contributed by atoms with Gasteiger partial charge in [0.1, 0.15) is 11.2 Å². The summed E-state index contributed by atoms with van der Waals surface area (Å²) in [6.07, 6.45) is 0. The number of fused-ring (bicyclic) bond motifs is 6. The number of nitrogens with zero attached hydrogens (tertiary/aromatic N) is 2. The summed E-state index contributed by atoms with van der Waals surface area (Å²) >= 11 is 0. The maximum atomic E-state index is 6.76. The van der Waals surface area contributed by atoms with Crippen molar-refractivity contribution >= 4 is 60.8 Å². The molecule has 0 unspecified atom stereocenters. The first-order chi connectivity index (χ1) is 32.3. The van der Waals surface area contributed by atoms with E-state index in [9.17, 15) is 0 Å². The smallest absolute Gasteiger partial charge is 0.143 e. The van der Waals surface area contributed by atoms with Crippen LogP contribution in [0.25, 0.3) is 82.8 Å². The van der Waals surface area contributed by atoms with Crippen LogP contribution in [0.5, 0.6) is 0 Å². The van der Waals surface area contributed by atoms with Gasteiger partial charge in [0.05, 0.1) is 16.7 Å². The van der Waals surface area contributed by atoms with Gasteiger partial charge >= 0.3 is 0 Å². The second kappa shape index (κ2) is 21.6. The molecule has 65 heavy (non-hydrogen) atoms. The van der Waals surface area contributed by atoms with Gasteiger partial charge in [-0.15, -0.1) is 0 Å². The lowest BCUT2D eigenvalue weighted by molar-refractivity contribution is 0.670. The van der Waals surface area contributed by atoms with Gasteiger partial charge in [-0.2, -0.15) is 0 Å². The SMILES string of the molecule is CC.CC.CC.CC.c1ccc(-c2ccc(N(c3ccc(-c4ccccc4)cc3)c3cc4c(cc3-c3cccc5c3oc3ccccc35)c3ccccc3n4-c3ccccc3)cc2)cc1. The molecule has 0 atom stereocenters. The van der Waals surface area contributed by atoms with Gasteiger partial charge < -0.3 is 13.9 Å². The Balaban J connectivity index is 0.000000749. The van der Waals surface area contributed by atoms with Crippen LogP contribution >= 0.6 is 0 Å². The van der Waals surface area contributed by atoms with Crippen LogP contribution in [0.1, 0.15) is 55.4 Å². The van der Waals surface area contributed by atoms with Crippen LogP contribution in [0.2, 0.25) is 0 Å². The van der Waals surface area contributed by atoms with Crippen molar-refractivity contribution < 1.29 is 4.42 Å². The fourth-order valence-corrected chi connectivity index (χ4v) is 8.51. The molecule has 0 radical (unpaired) electrons. The molecule has 0 aliphatic rings. The van der Waals surface area contributed by atoms with Crippen LogP contribution in [0.3, 0.4) is 0 Å². The van der Waals surface area contributed by atoms with Gasteiger partial charge in [0.2, 0.25) is 0 Å². The van der Waals surface area contributed by atoms with Crippen molar-refractivity contribution in [1.29, 1.82) is 0 Å². The van der Waals surface area contributed by atoms with E-state index in [0.29, 0.717) is 0 Å². The Hall–Kier alpha value is -7.62. The molecule has 3 nitrogen and oxygen atoms in total. The van der Waals surface area contributed by atoms with E-state index in [1.54, 1.807) is 0 Å². The molecule has 2 heterocycles. The number of hydrogen-bond donors (Lipinski definition) is 0. The molecule has 11 aromatic rings. The number of anilines is 3. The van der Waals surface area contributed by atoms with Crippen molar-refractivity contribution in [1.82, 2.24) is 4.57 Å². The maximum Gasteiger partial charge on any atom is 0.143 e. The highest BCUT2D eigenvalue weighted by Crippen LogP contribution is 2.48. The summed E-state index contributed by atoms with van der Waals surface area (Å²) in [5, 5.41) is 4.60. The summed E-state index contributed by atoms with van der Waals surface area (Å²) in [6.45, 7) is 16.0. The Labute approximate surface area is 385 Å². The summed E-state index contributed by atoms with van der Waals surface area (Å²) in [5.74, 6) is 0. The van der Waals surface area contributed by atoms with Crippen molar-refractivity contribution in [2.75, 3.05) is 4.90 Å². The third-order valence-electron chi connectivity index (χ3n) is 11.2. The summed E-state index contributed by atoms with van der Waals surface area (Å²) < 4.78 is 9.16. The molecule has 3 heteroatoms. The van der Waals surface area contributed by atoms with E-state index in [1.807, 2.05) is 61.5 Å². The molecule has 0 spiro atoms. The highest BCUT2D eigenvalue weighted by Gasteiger charge is 2.24. The van der Waals surface area contributed by atoms with Gasteiger partial charge in [-0.05, 0) is 82.9 Å². The number of aromatic nitrogens is 1. The second-order valence-corrected chi connectivity index (χ2v) is 14.5. The minimum atomic E-state index is 0.880. The van der Waals surface area contributed by atoms with E-state index in [0.717, 1.165) is 66.8 Å². The molecule has 0 saturated heterocycles. The van der Waals surface area contributed by atoms with Crippen LogP contribution in [0.4, 0.5) is 17.1 Å². The Bertz CT molecular complexity index is 3120. The topological polar surface area (TPSA) is 21.3 Å². The van der Waals surface area contributed by atoms with Crippen LogP contribution < -0.4 is 4.90 Å². The molecular weight excluding hydrogens is 789 g/mol. The van der Waals surface area contributed by atoms with E-state index < -0.39 is 0 Å². The van der Waals surface area contributed by atoms with Crippen molar-refractivity contribution in [2.24, 2.45) is 0 Å². The van der Waals surface area contributed by atoms with Crippen LogP contribution in [-0.2, 0) is 0 Å². The van der Waals surface area contributed by atoms with Gasteiger partial charge in [-0.25, -0.2) is 0 Å². The molecule has 11 rings (SSSR count). The predicted molar refractivity (Wildman–Crippen MR) is 284 cm³/mol. The molecule has 324 valence electrons. The second-order valence-electron chi connectivity index (χ2n) is 14.5. The molecule has 0 aliphatic heterocycles. The lowest BCUT2D eigenvalue weighted by Crippen LogP contribution is -2.11. The maximum absolute atomic E-state index is 6.76. The van der Waals surface area contributed by atoms with E-state index in [2.05, 4.69) is 222 Å². The van der Waals surface area contributed by atoms with Crippen LogP contribution in [0.15, 0.2) is 223 Å². The predicted octanol–water partition coefficient (Wildman–Crippen LogP) is 19.3. The monoisotopic (exact) mass is 848 g/mol. The number of furan rings is 1. The Morgan fingerprint density at radius 3 is 1.37 bits per heavy atom. The molecule has 2 aromatic heterocycles. The molecular formula is C62H60N2O. The van der Waals surface area contributed by atoms with Gasteiger partial charge in [0.25, 0.3) is 0 Å². The zero-order valence-corrected chi connectivity index (χ0v) is 39.1. The standard InChI is InChI=1S/C54H36N2O.4C2H6/c1-4-15-37(16-5-1)39-27-31-42(32-28-39)55(43-33-29-40(30-34-43)38-17-6-2-7-18-38)51-36-52-48(44-21-10-12-25-50(44)56(52)41-19-8-3-9-20-41)35-49(51)47-24-14-23-46-45-22-11-13-26-53(45)57-54(46)47;4*1-2/h1-36H;4*1-2H3. The third kappa shape index (κ3) is 8.96. The Kier molecular flexibility index (Phi) is 15.1. The highest BCUT2D eigenvalue weighted by molar-refractivity contribution is 6.16. The van der Waals surface area contributed by atoms with E-state index in [4.69, 9.17) is 4.42 Å². The van der Waals surface area contributed by atoms with Crippen molar-refractivity contribution in [3.05, 3.63) is 218 Å². The fraction of sp³-hybridized carbons (Fsp3) is 0.129. The van der Waals surface area contributed by atoms with Crippen molar-refractivity contribution in [3.63, 3.8) is 0 Å².